The van der Waals surface area contributed by atoms with Crippen LogP contribution < -0.4 is 0 Å². The van der Waals surface area contributed by atoms with Crippen molar-refractivity contribution >= 4 is 11.6 Å². The summed E-state index contributed by atoms with van der Waals surface area (Å²) in [4.78, 5) is 18.7. The molecule has 2 fully saturated rings. The molecule has 1 unspecified atom stereocenters. The van der Waals surface area contributed by atoms with Gasteiger partial charge < -0.3 is 9.64 Å². The molecule has 0 aromatic rings. The van der Waals surface area contributed by atoms with Crippen molar-refractivity contribution in [2.75, 3.05) is 32.8 Å². The molecule has 104 valence electrons. The van der Waals surface area contributed by atoms with E-state index < -0.39 is 0 Å². The fraction of sp³-hybridized carbons (Fsp3) is 0.733. The van der Waals surface area contributed by atoms with Gasteiger partial charge in [-0.1, -0.05) is 13.0 Å². The van der Waals surface area contributed by atoms with Gasteiger partial charge in [0.1, 0.15) is 5.84 Å². The standard InChI is InChI=1S/C15H22N2O2/c1-11-7-13(12(2)18)14(16-8-11)17-9-15(10-17)3-5-19-6-4-15/h7,11H,3-6,8-10H2,1-2H3. The minimum absolute atomic E-state index is 0.137. The topological polar surface area (TPSA) is 41.9 Å². The smallest absolute Gasteiger partial charge is 0.163 e. The number of carbonyl (C=O) groups excluding carboxylic acids is 1. The lowest BCUT2D eigenvalue weighted by Crippen LogP contribution is -2.61. The van der Waals surface area contributed by atoms with Gasteiger partial charge in [0.05, 0.1) is 5.57 Å². The molecular formula is C15H22N2O2. The van der Waals surface area contributed by atoms with E-state index in [1.807, 2.05) is 0 Å². The Morgan fingerprint density at radius 1 is 1.42 bits per heavy atom. The van der Waals surface area contributed by atoms with Gasteiger partial charge in [-0.2, -0.15) is 0 Å². The second kappa shape index (κ2) is 4.75. The maximum Gasteiger partial charge on any atom is 0.163 e. The number of rotatable bonds is 1. The van der Waals surface area contributed by atoms with Crippen LogP contribution in [0.4, 0.5) is 0 Å². The number of Topliss-reactive ketones (excluding diaryl/α,β-unsaturated/α-hetero) is 1. The Hall–Kier alpha value is -1.16. The summed E-state index contributed by atoms with van der Waals surface area (Å²) in [7, 11) is 0. The molecule has 3 aliphatic rings. The molecule has 19 heavy (non-hydrogen) atoms. The number of dihydropyridines is 1. The van der Waals surface area contributed by atoms with Crippen molar-refractivity contribution in [1.82, 2.24) is 4.90 Å². The predicted molar refractivity (Wildman–Crippen MR) is 74.3 cm³/mol. The average molecular weight is 262 g/mol. The van der Waals surface area contributed by atoms with Crippen LogP contribution in [-0.2, 0) is 9.53 Å². The molecule has 1 atom stereocenters. The second-order valence-corrected chi connectivity index (χ2v) is 6.25. The minimum atomic E-state index is 0.137. The van der Waals surface area contributed by atoms with Gasteiger partial charge in [-0.25, -0.2) is 0 Å². The number of carbonyl (C=O) groups is 1. The van der Waals surface area contributed by atoms with Crippen LogP contribution in [0.25, 0.3) is 0 Å². The van der Waals surface area contributed by atoms with E-state index in [1.165, 1.54) is 0 Å². The van der Waals surface area contributed by atoms with Crippen molar-refractivity contribution in [3.05, 3.63) is 11.6 Å². The molecule has 2 saturated heterocycles. The lowest BCUT2D eigenvalue weighted by atomic mass is 9.73. The molecule has 0 aromatic heterocycles. The van der Waals surface area contributed by atoms with Crippen LogP contribution in [-0.4, -0.2) is 49.4 Å². The first-order valence-corrected chi connectivity index (χ1v) is 7.20. The Kier molecular flexibility index (Phi) is 3.21. The molecule has 3 heterocycles. The zero-order valence-electron chi connectivity index (χ0n) is 11.8. The van der Waals surface area contributed by atoms with Gasteiger partial charge in [-0.3, -0.25) is 9.79 Å². The number of ether oxygens (including phenoxy) is 1. The van der Waals surface area contributed by atoms with Crippen molar-refractivity contribution in [2.45, 2.75) is 26.7 Å². The third-order valence-corrected chi connectivity index (χ3v) is 4.51. The Morgan fingerprint density at radius 2 is 2.11 bits per heavy atom. The average Bonchev–Trinajstić information content (AvgIpc) is 2.37. The fourth-order valence-electron chi connectivity index (χ4n) is 3.31. The fourth-order valence-corrected chi connectivity index (χ4v) is 3.31. The van der Waals surface area contributed by atoms with E-state index in [9.17, 15) is 4.79 Å². The van der Waals surface area contributed by atoms with Gasteiger partial charge in [-0.05, 0) is 25.7 Å². The van der Waals surface area contributed by atoms with Crippen LogP contribution in [0.5, 0.6) is 0 Å². The Bertz CT molecular complexity index is 439. The maximum atomic E-state index is 11.8. The lowest BCUT2D eigenvalue weighted by Gasteiger charge is -2.53. The SMILES string of the molecule is CC(=O)C1=CC(C)CN=C1N1CC2(CCOCC2)C1. The molecule has 0 bridgehead atoms. The van der Waals surface area contributed by atoms with Crippen LogP contribution in [0, 0.1) is 11.3 Å². The first-order chi connectivity index (χ1) is 9.10. The highest BCUT2D eigenvalue weighted by molar-refractivity contribution is 6.21. The molecule has 4 heteroatoms. The molecule has 0 N–H and O–H groups in total. The number of aliphatic imine (C=N–C) groups is 1. The highest BCUT2D eigenvalue weighted by Gasteiger charge is 2.46. The van der Waals surface area contributed by atoms with Gasteiger partial charge in [0.15, 0.2) is 5.78 Å². The van der Waals surface area contributed by atoms with Gasteiger partial charge in [0.25, 0.3) is 0 Å². The van der Waals surface area contributed by atoms with E-state index in [0.29, 0.717) is 11.3 Å². The first-order valence-electron chi connectivity index (χ1n) is 7.20. The second-order valence-electron chi connectivity index (χ2n) is 6.25. The number of nitrogens with zero attached hydrogens (tertiary/aromatic N) is 2. The first kappa shape index (κ1) is 12.9. The van der Waals surface area contributed by atoms with Crippen molar-refractivity contribution in [3.63, 3.8) is 0 Å². The van der Waals surface area contributed by atoms with E-state index in [0.717, 1.165) is 57.1 Å². The van der Waals surface area contributed by atoms with Crippen molar-refractivity contribution in [3.8, 4) is 0 Å². The van der Waals surface area contributed by atoms with Gasteiger partial charge in [0, 0.05) is 38.3 Å². The summed E-state index contributed by atoms with van der Waals surface area (Å²) in [5, 5.41) is 0. The summed E-state index contributed by atoms with van der Waals surface area (Å²) in [6.45, 7) is 8.39. The summed E-state index contributed by atoms with van der Waals surface area (Å²) in [5.41, 5.74) is 1.24. The number of amidine groups is 1. The number of ketones is 1. The highest BCUT2D eigenvalue weighted by Crippen LogP contribution is 2.41. The summed E-state index contributed by atoms with van der Waals surface area (Å²) in [6, 6.07) is 0. The van der Waals surface area contributed by atoms with Crippen LogP contribution in [0.3, 0.4) is 0 Å². The zero-order chi connectivity index (χ0) is 13.5. The van der Waals surface area contributed by atoms with E-state index in [1.54, 1.807) is 6.92 Å². The summed E-state index contributed by atoms with van der Waals surface area (Å²) < 4.78 is 5.44. The van der Waals surface area contributed by atoms with Crippen molar-refractivity contribution in [2.24, 2.45) is 16.3 Å². The number of hydrogen-bond acceptors (Lipinski definition) is 4. The molecule has 3 rings (SSSR count). The van der Waals surface area contributed by atoms with Crippen LogP contribution in [0.1, 0.15) is 26.7 Å². The van der Waals surface area contributed by atoms with Gasteiger partial charge in [0.2, 0.25) is 0 Å². The Morgan fingerprint density at radius 3 is 2.74 bits per heavy atom. The zero-order valence-corrected chi connectivity index (χ0v) is 11.8. The summed E-state index contributed by atoms with van der Waals surface area (Å²) >= 11 is 0. The molecular weight excluding hydrogens is 240 g/mol. The molecule has 0 aromatic carbocycles. The largest absolute Gasteiger partial charge is 0.381 e. The molecule has 0 saturated carbocycles. The van der Waals surface area contributed by atoms with E-state index in [-0.39, 0.29) is 5.78 Å². The third-order valence-electron chi connectivity index (χ3n) is 4.51. The number of hydrogen-bond donors (Lipinski definition) is 0. The maximum absolute atomic E-state index is 11.8. The van der Waals surface area contributed by atoms with Crippen molar-refractivity contribution < 1.29 is 9.53 Å². The minimum Gasteiger partial charge on any atom is -0.381 e. The number of likely N-dealkylation sites (tertiary alicyclic amines) is 1. The normalized spacial score (nSPS) is 29.6. The Balaban J connectivity index is 1.70. The van der Waals surface area contributed by atoms with Gasteiger partial charge in [-0.15, -0.1) is 0 Å². The molecule has 1 spiro atoms. The highest BCUT2D eigenvalue weighted by atomic mass is 16.5. The molecule has 0 amide bonds. The van der Waals surface area contributed by atoms with E-state index in [2.05, 4.69) is 22.9 Å². The van der Waals surface area contributed by atoms with Crippen molar-refractivity contribution in [1.29, 1.82) is 0 Å². The Labute approximate surface area is 114 Å². The molecule has 0 aliphatic carbocycles. The molecule has 3 aliphatic heterocycles. The van der Waals surface area contributed by atoms with E-state index >= 15 is 0 Å². The lowest BCUT2D eigenvalue weighted by molar-refractivity contribution is -0.113. The van der Waals surface area contributed by atoms with Crippen LogP contribution in [0.2, 0.25) is 0 Å². The van der Waals surface area contributed by atoms with E-state index in [4.69, 9.17) is 4.74 Å². The molecule has 0 radical (unpaired) electrons. The van der Waals surface area contributed by atoms with Crippen LogP contribution in [0.15, 0.2) is 16.6 Å². The quantitative estimate of drug-likeness (QED) is 0.722. The van der Waals surface area contributed by atoms with Crippen LogP contribution >= 0.6 is 0 Å². The predicted octanol–water partition coefficient (Wildman–Crippen LogP) is 1.66. The third kappa shape index (κ3) is 2.34. The summed E-state index contributed by atoms with van der Waals surface area (Å²) in [5.74, 6) is 1.45. The summed E-state index contributed by atoms with van der Waals surface area (Å²) in [6.07, 6.45) is 4.37. The molecule has 4 nitrogen and oxygen atoms in total. The van der Waals surface area contributed by atoms with Gasteiger partial charge >= 0.3 is 0 Å². The monoisotopic (exact) mass is 262 g/mol.